The fourth-order valence-corrected chi connectivity index (χ4v) is 3.45. The number of ether oxygens (including phenoxy) is 2. The van der Waals surface area contributed by atoms with Crippen molar-refractivity contribution in [1.82, 2.24) is 19.9 Å². The maximum atomic E-state index is 13.5. The third kappa shape index (κ3) is 2.85. The lowest BCUT2D eigenvalue weighted by atomic mass is 10.1. The molecule has 0 unspecified atom stereocenters. The third-order valence-electron chi connectivity index (χ3n) is 4.82. The van der Waals surface area contributed by atoms with E-state index in [1.807, 2.05) is 22.8 Å². The maximum absolute atomic E-state index is 13.5. The van der Waals surface area contributed by atoms with Crippen molar-refractivity contribution in [1.29, 1.82) is 0 Å². The van der Waals surface area contributed by atoms with Crippen LogP contribution in [0.4, 0.5) is 4.39 Å². The Morgan fingerprint density at radius 1 is 1.17 bits per heavy atom. The number of imidazole rings is 1. The van der Waals surface area contributed by atoms with Crippen molar-refractivity contribution in [3.63, 3.8) is 0 Å². The van der Waals surface area contributed by atoms with Gasteiger partial charge >= 0.3 is 0 Å². The highest BCUT2D eigenvalue weighted by atomic mass is 19.1. The maximum Gasteiger partial charge on any atom is 0.261 e. The summed E-state index contributed by atoms with van der Waals surface area (Å²) in [4.78, 5) is 20.5. The standard InChI is InChI=1S/C21H15FN4O3/c1-28-18-6-15(7-19-20(18)21(27)25-11-29-19)26-10-24-16-5-12(2-3-17(16)26)13-4-14(22)9-23-8-13/h2-10H,11H2,1H3,(H,25,27). The number of fused-ring (bicyclic) bond motifs is 2. The van der Waals surface area contributed by atoms with Crippen molar-refractivity contribution in [2.75, 3.05) is 13.8 Å². The van der Waals surface area contributed by atoms with Gasteiger partial charge in [-0.2, -0.15) is 0 Å². The average Bonchev–Trinajstić information content (AvgIpc) is 3.16. The molecule has 144 valence electrons. The predicted octanol–water partition coefficient (Wildman–Crippen LogP) is 3.31. The molecule has 4 aromatic rings. The van der Waals surface area contributed by atoms with Crippen molar-refractivity contribution >= 4 is 16.9 Å². The van der Waals surface area contributed by atoms with Crippen LogP contribution in [0.15, 0.2) is 55.1 Å². The number of hydrogen-bond acceptors (Lipinski definition) is 5. The van der Waals surface area contributed by atoms with Crippen LogP contribution in [0.5, 0.6) is 11.5 Å². The van der Waals surface area contributed by atoms with Gasteiger partial charge < -0.3 is 14.8 Å². The molecule has 7 nitrogen and oxygen atoms in total. The van der Waals surface area contributed by atoms with Gasteiger partial charge in [-0.1, -0.05) is 6.07 Å². The number of amides is 1. The Bertz CT molecular complexity index is 1250. The number of aromatic nitrogens is 3. The second kappa shape index (κ2) is 6.59. The molecule has 2 aromatic heterocycles. The molecule has 0 radical (unpaired) electrons. The highest BCUT2D eigenvalue weighted by Crippen LogP contribution is 2.35. The van der Waals surface area contributed by atoms with Crippen molar-refractivity contribution < 1.29 is 18.7 Å². The number of nitrogens with one attached hydrogen (secondary N) is 1. The lowest BCUT2D eigenvalue weighted by Crippen LogP contribution is -2.33. The Balaban J connectivity index is 1.62. The van der Waals surface area contributed by atoms with Crippen LogP contribution in [0.1, 0.15) is 10.4 Å². The largest absolute Gasteiger partial charge is 0.496 e. The topological polar surface area (TPSA) is 78.3 Å². The lowest BCUT2D eigenvalue weighted by molar-refractivity contribution is 0.0879. The predicted molar refractivity (Wildman–Crippen MR) is 104 cm³/mol. The summed E-state index contributed by atoms with van der Waals surface area (Å²) in [5.41, 5.74) is 4.20. The molecular formula is C21H15FN4O3. The smallest absolute Gasteiger partial charge is 0.261 e. The summed E-state index contributed by atoms with van der Waals surface area (Å²) in [6.07, 6.45) is 4.46. The normalized spacial score (nSPS) is 13.0. The zero-order valence-corrected chi connectivity index (χ0v) is 15.3. The number of benzene rings is 2. The molecular weight excluding hydrogens is 375 g/mol. The Kier molecular flexibility index (Phi) is 3.90. The third-order valence-corrected chi connectivity index (χ3v) is 4.82. The van der Waals surface area contributed by atoms with E-state index in [9.17, 15) is 9.18 Å². The van der Waals surface area contributed by atoms with Gasteiger partial charge in [0.05, 0.1) is 30.0 Å². The zero-order valence-electron chi connectivity index (χ0n) is 15.3. The molecule has 5 rings (SSSR count). The number of nitrogens with zero attached hydrogens (tertiary/aromatic N) is 3. The molecule has 2 aromatic carbocycles. The second-order valence-corrected chi connectivity index (χ2v) is 6.53. The van der Waals surface area contributed by atoms with E-state index in [2.05, 4.69) is 15.3 Å². The number of halogens is 1. The highest BCUT2D eigenvalue weighted by molar-refractivity contribution is 6.01. The highest BCUT2D eigenvalue weighted by Gasteiger charge is 2.24. The van der Waals surface area contributed by atoms with E-state index in [1.165, 1.54) is 19.4 Å². The van der Waals surface area contributed by atoms with Gasteiger partial charge in [0, 0.05) is 23.9 Å². The van der Waals surface area contributed by atoms with Crippen LogP contribution in [0.2, 0.25) is 0 Å². The monoisotopic (exact) mass is 390 g/mol. The van der Waals surface area contributed by atoms with Crippen molar-refractivity contribution in [2.24, 2.45) is 0 Å². The number of hydrogen-bond donors (Lipinski definition) is 1. The van der Waals surface area contributed by atoms with Gasteiger partial charge in [-0.05, 0) is 23.8 Å². The van der Waals surface area contributed by atoms with E-state index in [1.54, 1.807) is 24.7 Å². The molecule has 8 heteroatoms. The SMILES string of the molecule is COc1cc(-n2cnc3cc(-c4cncc(F)c4)ccc32)cc2c1C(=O)NCO2. The number of pyridine rings is 1. The van der Waals surface area contributed by atoms with Crippen molar-refractivity contribution in [3.8, 4) is 28.3 Å². The summed E-state index contributed by atoms with van der Waals surface area (Å²) < 4.78 is 26.4. The first kappa shape index (κ1) is 17.2. The minimum atomic E-state index is -0.390. The summed E-state index contributed by atoms with van der Waals surface area (Å²) in [5.74, 6) is 0.239. The second-order valence-electron chi connectivity index (χ2n) is 6.53. The number of rotatable bonds is 3. The van der Waals surface area contributed by atoms with E-state index < -0.39 is 5.82 Å². The fourth-order valence-electron chi connectivity index (χ4n) is 3.45. The Morgan fingerprint density at radius 3 is 2.90 bits per heavy atom. The molecule has 0 saturated carbocycles. The Labute approximate surface area is 164 Å². The molecule has 0 aliphatic carbocycles. The van der Waals surface area contributed by atoms with E-state index in [-0.39, 0.29) is 12.6 Å². The minimum Gasteiger partial charge on any atom is -0.496 e. The summed E-state index contributed by atoms with van der Waals surface area (Å²) in [6, 6.07) is 10.6. The molecule has 1 aliphatic rings. The van der Waals surface area contributed by atoms with Crippen LogP contribution >= 0.6 is 0 Å². The molecule has 3 heterocycles. The first-order valence-corrected chi connectivity index (χ1v) is 8.85. The Hall–Kier alpha value is -3.94. The summed E-state index contributed by atoms with van der Waals surface area (Å²) >= 11 is 0. The van der Waals surface area contributed by atoms with Gasteiger partial charge in [0.2, 0.25) is 0 Å². The quantitative estimate of drug-likeness (QED) is 0.581. The zero-order chi connectivity index (χ0) is 20.0. The first-order chi connectivity index (χ1) is 14.1. The molecule has 1 N–H and O–H groups in total. The lowest BCUT2D eigenvalue weighted by Gasteiger charge is -2.21. The van der Waals surface area contributed by atoms with Gasteiger partial charge in [0.15, 0.2) is 6.73 Å². The molecule has 0 atom stereocenters. The van der Waals surface area contributed by atoms with Crippen LogP contribution in [-0.4, -0.2) is 34.3 Å². The summed E-state index contributed by atoms with van der Waals surface area (Å²) in [7, 11) is 1.51. The fraction of sp³-hybridized carbons (Fsp3) is 0.0952. The van der Waals surface area contributed by atoms with Gasteiger partial charge in [-0.25, -0.2) is 9.37 Å². The van der Waals surface area contributed by atoms with E-state index in [4.69, 9.17) is 9.47 Å². The van der Waals surface area contributed by atoms with Crippen LogP contribution < -0.4 is 14.8 Å². The van der Waals surface area contributed by atoms with Gasteiger partial charge in [-0.3, -0.25) is 14.3 Å². The van der Waals surface area contributed by atoms with Crippen LogP contribution in [0, 0.1) is 5.82 Å². The van der Waals surface area contributed by atoms with E-state index in [0.717, 1.165) is 22.3 Å². The van der Waals surface area contributed by atoms with Gasteiger partial charge in [0.1, 0.15) is 29.2 Å². The summed E-state index contributed by atoms with van der Waals surface area (Å²) in [6.45, 7) is 0.105. The van der Waals surface area contributed by atoms with Crippen LogP contribution in [0.25, 0.3) is 27.8 Å². The molecule has 0 bridgehead atoms. The van der Waals surface area contributed by atoms with E-state index >= 15 is 0 Å². The first-order valence-electron chi connectivity index (χ1n) is 8.85. The molecule has 1 amide bonds. The summed E-state index contributed by atoms with van der Waals surface area (Å²) in [5, 5.41) is 2.63. The number of carbonyl (C=O) groups is 1. The number of carbonyl (C=O) groups excluding carboxylic acids is 1. The molecule has 0 spiro atoms. The molecule has 0 saturated heterocycles. The van der Waals surface area contributed by atoms with E-state index in [0.29, 0.717) is 22.6 Å². The average molecular weight is 390 g/mol. The van der Waals surface area contributed by atoms with Gasteiger partial charge in [-0.15, -0.1) is 0 Å². The van der Waals surface area contributed by atoms with Crippen LogP contribution in [-0.2, 0) is 0 Å². The van der Waals surface area contributed by atoms with Crippen molar-refractivity contribution in [3.05, 3.63) is 66.5 Å². The minimum absolute atomic E-state index is 0.105. The molecule has 0 fully saturated rings. The van der Waals surface area contributed by atoms with Crippen molar-refractivity contribution in [2.45, 2.75) is 0 Å². The Morgan fingerprint density at radius 2 is 2.07 bits per heavy atom. The van der Waals surface area contributed by atoms with Crippen LogP contribution in [0.3, 0.4) is 0 Å². The molecule has 1 aliphatic heterocycles. The number of methoxy groups -OCH3 is 1. The molecule has 29 heavy (non-hydrogen) atoms. The van der Waals surface area contributed by atoms with Gasteiger partial charge in [0.25, 0.3) is 5.91 Å².